The first-order valence-corrected chi connectivity index (χ1v) is 9.72. The van der Waals surface area contributed by atoms with Crippen LogP contribution in [-0.4, -0.2) is 35.3 Å². The van der Waals surface area contributed by atoms with E-state index in [1.807, 2.05) is 20.8 Å². The summed E-state index contributed by atoms with van der Waals surface area (Å²) in [6.45, 7) is 6.66. The van der Waals surface area contributed by atoms with Gasteiger partial charge in [0.1, 0.15) is 11.4 Å². The van der Waals surface area contributed by atoms with Gasteiger partial charge in [-0.1, -0.05) is 0 Å². The van der Waals surface area contributed by atoms with Gasteiger partial charge in [-0.3, -0.25) is 9.59 Å². The SMILES string of the molecule is CC(C)(C)Oc1ccc(C(=O)N2CCC[C@H](C(=O)c3ccc(F)c(F)c3)C2)cc1. The number of benzene rings is 2. The first-order valence-electron chi connectivity index (χ1n) is 9.72. The number of hydrogen-bond donors (Lipinski definition) is 0. The van der Waals surface area contributed by atoms with E-state index in [9.17, 15) is 18.4 Å². The van der Waals surface area contributed by atoms with Gasteiger partial charge >= 0.3 is 0 Å². The third-order valence-electron chi connectivity index (χ3n) is 4.81. The van der Waals surface area contributed by atoms with Gasteiger partial charge in [-0.05, 0) is 76.1 Å². The van der Waals surface area contributed by atoms with Crippen molar-refractivity contribution in [2.24, 2.45) is 5.92 Å². The molecule has 1 aliphatic heterocycles. The van der Waals surface area contributed by atoms with E-state index in [2.05, 4.69) is 0 Å². The van der Waals surface area contributed by atoms with E-state index in [-0.39, 0.29) is 29.4 Å². The topological polar surface area (TPSA) is 46.6 Å². The van der Waals surface area contributed by atoms with E-state index < -0.39 is 17.6 Å². The molecule has 4 nitrogen and oxygen atoms in total. The van der Waals surface area contributed by atoms with Crippen LogP contribution in [0.4, 0.5) is 8.78 Å². The Hall–Kier alpha value is -2.76. The molecule has 0 bridgehead atoms. The molecule has 3 rings (SSSR count). The fourth-order valence-corrected chi connectivity index (χ4v) is 3.46. The van der Waals surface area contributed by atoms with Crippen LogP contribution >= 0.6 is 0 Å². The second kappa shape index (κ2) is 8.31. The number of likely N-dealkylation sites (tertiary alicyclic amines) is 1. The van der Waals surface area contributed by atoms with E-state index >= 15 is 0 Å². The van der Waals surface area contributed by atoms with Crippen LogP contribution < -0.4 is 4.74 Å². The number of carbonyl (C=O) groups excluding carboxylic acids is 2. The average Bonchev–Trinajstić information content (AvgIpc) is 2.68. The number of ether oxygens (including phenoxy) is 1. The minimum absolute atomic E-state index is 0.131. The molecular formula is C23H25F2NO3. The largest absolute Gasteiger partial charge is 0.488 e. The molecule has 0 aliphatic carbocycles. The number of halogens is 2. The predicted molar refractivity (Wildman–Crippen MR) is 106 cm³/mol. The zero-order valence-electron chi connectivity index (χ0n) is 16.9. The maximum absolute atomic E-state index is 13.5. The molecule has 1 atom stereocenters. The summed E-state index contributed by atoms with van der Waals surface area (Å²) in [6, 6.07) is 10.1. The summed E-state index contributed by atoms with van der Waals surface area (Å²) < 4.78 is 32.4. The van der Waals surface area contributed by atoms with Crippen LogP contribution in [0.3, 0.4) is 0 Å². The second-order valence-corrected chi connectivity index (χ2v) is 8.32. The number of amides is 1. The first-order chi connectivity index (χ1) is 13.6. The molecule has 0 N–H and O–H groups in total. The molecule has 1 amide bonds. The van der Waals surface area contributed by atoms with Gasteiger partial charge in [0.05, 0.1) is 0 Å². The quantitative estimate of drug-likeness (QED) is 0.686. The maximum atomic E-state index is 13.5. The molecule has 0 spiro atoms. The van der Waals surface area contributed by atoms with Gasteiger partial charge in [-0.2, -0.15) is 0 Å². The highest BCUT2D eigenvalue weighted by Gasteiger charge is 2.30. The van der Waals surface area contributed by atoms with Gasteiger partial charge in [0.25, 0.3) is 5.91 Å². The van der Waals surface area contributed by atoms with Gasteiger partial charge < -0.3 is 9.64 Å². The molecule has 1 heterocycles. The number of rotatable bonds is 4. The normalized spacial score (nSPS) is 17.1. The van der Waals surface area contributed by atoms with Crippen molar-refractivity contribution in [3.05, 3.63) is 65.2 Å². The number of hydrogen-bond acceptors (Lipinski definition) is 3. The number of carbonyl (C=O) groups is 2. The summed E-state index contributed by atoms with van der Waals surface area (Å²) in [4.78, 5) is 27.2. The maximum Gasteiger partial charge on any atom is 0.253 e. The smallest absolute Gasteiger partial charge is 0.253 e. The van der Waals surface area contributed by atoms with Gasteiger partial charge in [0, 0.05) is 30.1 Å². The van der Waals surface area contributed by atoms with Crippen molar-refractivity contribution in [3.63, 3.8) is 0 Å². The van der Waals surface area contributed by atoms with E-state index in [4.69, 9.17) is 4.74 Å². The summed E-state index contributed by atoms with van der Waals surface area (Å²) in [7, 11) is 0. The van der Waals surface area contributed by atoms with Crippen molar-refractivity contribution in [2.75, 3.05) is 13.1 Å². The van der Waals surface area contributed by atoms with E-state index in [0.29, 0.717) is 30.7 Å². The highest BCUT2D eigenvalue weighted by atomic mass is 19.2. The molecule has 2 aromatic rings. The lowest BCUT2D eigenvalue weighted by Crippen LogP contribution is -2.42. The Morgan fingerprint density at radius 1 is 1.00 bits per heavy atom. The third kappa shape index (κ3) is 5.19. The van der Waals surface area contributed by atoms with Crippen LogP contribution in [0.5, 0.6) is 5.75 Å². The van der Waals surface area contributed by atoms with Crippen molar-refractivity contribution in [3.8, 4) is 5.75 Å². The number of nitrogens with zero attached hydrogens (tertiary/aromatic N) is 1. The minimum Gasteiger partial charge on any atom is -0.488 e. The van der Waals surface area contributed by atoms with E-state index in [1.165, 1.54) is 6.07 Å². The lowest BCUT2D eigenvalue weighted by molar-refractivity contribution is 0.0636. The molecule has 0 radical (unpaired) electrons. The number of ketones is 1. The average molecular weight is 401 g/mol. The lowest BCUT2D eigenvalue weighted by Gasteiger charge is -2.32. The van der Waals surface area contributed by atoms with Crippen molar-refractivity contribution in [1.82, 2.24) is 4.90 Å². The predicted octanol–water partition coefficient (Wildman–Crippen LogP) is 4.88. The van der Waals surface area contributed by atoms with Crippen LogP contribution in [0.1, 0.15) is 54.3 Å². The zero-order chi connectivity index (χ0) is 21.2. The molecule has 1 saturated heterocycles. The van der Waals surface area contributed by atoms with Crippen LogP contribution in [0.25, 0.3) is 0 Å². The molecule has 1 fully saturated rings. The zero-order valence-corrected chi connectivity index (χ0v) is 16.9. The highest BCUT2D eigenvalue weighted by molar-refractivity contribution is 5.99. The third-order valence-corrected chi connectivity index (χ3v) is 4.81. The van der Waals surface area contributed by atoms with Crippen molar-refractivity contribution in [1.29, 1.82) is 0 Å². The molecule has 0 aromatic heterocycles. The second-order valence-electron chi connectivity index (χ2n) is 8.32. The van der Waals surface area contributed by atoms with Crippen LogP contribution in [0.15, 0.2) is 42.5 Å². The Balaban J connectivity index is 1.69. The number of piperidine rings is 1. The minimum atomic E-state index is -1.04. The van der Waals surface area contributed by atoms with Gasteiger partial charge in [0.2, 0.25) is 0 Å². The van der Waals surface area contributed by atoms with Gasteiger partial charge in [-0.15, -0.1) is 0 Å². The Kier molecular flexibility index (Phi) is 6.01. The molecule has 1 aliphatic rings. The van der Waals surface area contributed by atoms with Gasteiger partial charge in [-0.25, -0.2) is 8.78 Å². The standard InChI is InChI=1S/C23H25F2NO3/c1-23(2,3)29-18-9-6-15(7-10-18)22(28)26-12-4-5-17(14-26)21(27)16-8-11-19(24)20(25)13-16/h6-11,13,17H,4-5,12,14H2,1-3H3/t17-/m0/s1. The fraction of sp³-hybridized carbons (Fsp3) is 0.391. The monoisotopic (exact) mass is 401 g/mol. The summed E-state index contributed by atoms with van der Waals surface area (Å²) in [5, 5.41) is 0. The highest BCUT2D eigenvalue weighted by Crippen LogP contribution is 2.24. The van der Waals surface area contributed by atoms with Crippen molar-refractivity contribution >= 4 is 11.7 Å². The van der Waals surface area contributed by atoms with E-state index in [1.54, 1.807) is 29.2 Å². The number of Topliss-reactive ketones (excluding diaryl/α,β-unsaturated/α-hetero) is 1. The molecule has 0 saturated carbocycles. The molecule has 2 aromatic carbocycles. The first kappa shape index (κ1) is 21.0. The van der Waals surface area contributed by atoms with Crippen molar-refractivity contribution in [2.45, 2.75) is 39.2 Å². The Morgan fingerprint density at radius 3 is 2.28 bits per heavy atom. The lowest BCUT2D eigenvalue weighted by atomic mass is 9.89. The Labute approximate surface area is 169 Å². The molecular weight excluding hydrogens is 376 g/mol. The van der Waals surface area contributed by atoms with E-state index in [0.717, 1.165) is 12.1 Å². The molecule has 154 valence electrons. The summed E-state index contributed by atoms with van der Waals surface area (Å²) in [5.74, 6) is -2.20. The molecule has 29 heavy (non-hydrogen) atoms. The Morgan fingerprint density at radius 2 is 1.66 bits per heavy atom. The summed E-state index contributed by atoms with van der Waals surface area (Å²) >= 11 is 0. The van der Waals surface area contributed by atoms with Crippen molar-refractivity contribution < 1.29 is 23.1 Å². The molecule has 0 unspecified atom stereocenters. The molecule has 6 heteroatoms. The van der Waals surface area contributed by atoms with Gasteiger partial charge in [0.15, 0.2) is 17.4 Å². The van der Waals surface area contributed by atoms with Crippen LogP contribution in [0, 0.1) is 17.6 Å². The fourth-order valence-electron chi connectivity index (χ4n) is 3.46. The van der Waals surface area contributed by atoms with Crippen LogP contribution in [0.2, 0.25) is 0 Å². The summed E-state index contributed by atoms with van der Waals surface area (Å²) in [6.07, 6.45) is 1.29. The Bertz CT molecular complexity index is 903. The van der Waals surface area contributed by atoms with Crippen LogP contribution in [-0.2, 0) is 0 Å². The summed E-state index contributed by atoms with van der Waals surface area (Å²) in [5.41, 5.74) is 0.324.